The summed E-state index contributed by atoms with van der Waals surface area (Å²) in [6.07, 6.45) is 0.952. The highest BCUT2D eigenvalue weighted by molar-refractivity contribution is 9.10. The minimum atomic E-state index is -1.39. The zero-order chi connectivity index (χ0) is 17.9. The van der Waals surface area contributed by atoms with Crippen molar-refractivity contribution in [3.8, 4) is 0 Å². The van der Waals surface area contributed by atoms with E-state index in [2.05, 4.69) is 15.9 Å². The van der Waals surface area contributed by atoms with E-state index in [1.165, 1.54) is 7.11 Å². The van der Waals surface area contributed by atoms with Crippen molar-refractivity contribution in [3.05, 3.63) is 82.3 Å². The monoisotopic (exact) mass is 396 g/mol. The number of ether oxygens (including phenoxy) is 1. The van der Waals surface area contributed by atoms with Gasteiger partial charge < -0.3 is 9.53 Å². The summed E-state index contributed by atoms with van der Waals surface area (Å²) >= 11 is 3.40. The number of hydrogen-bond acceptors (Lipinski definition) is 3. The Morgan fingerprint density at radius 2 is 1.72 bits per heavy atom. The van der Waals surface area contributed by atoms with Crippen molar-refractivity contribution in [1.82, 2.24) is 0 Å². The van der Waals surface area contributed by atoms with Crippen molar-refractivity contribution in [3.63, 3.8) is 0 Å². The minimum absolute atomic E-state index is 0.241. The third-order valence-electron chi connectivity index (χ3n) is 4.42. The van der Waals surface area contributed by atoms with Gasteiger partial charge in [-0.15, -0.1) is 0 Å². The molecule has 0 bridgehead atoms. The molecule has 0 aliphatic carbocycles. The molecule has 3 rings (SSSR count). The SMILES string of the molecule is COC(=O)[C@](C=O)(Cc1ccc(Br)cc1)c1cccc2ccccc12. The number of carbonyl (C=O) groups is 2. The minimum Gasteiger partial charge on any atom is -0.468 e. The summed E-state index contributed by atoms with van der Waals surface area (Å²) in [5, 5.41) is 1.85. The molecule has 0 saturated heterocycles. The van der Waals surface area contributed by atoms with Gasteiger partial charge in [-0.3, -0.25) is 4.79 Å². The lowest BCUT2D eigenvalue weighted by molar-refractivity contribution is -0.149. The molecule has 0 heterocycles. The summed E-state index contributed by atoms with van der Waals surface area (Å²) in [5.74, 6) is -0.554. The molecule has 3 nitrogen and oxygen atoms in total. The van der Waals surface area contributed by atoms with Gasteiger partial charge in [-0.25, -0.2) is 0 Å². The summed E-state index contributed by atoms with van der Waals surface area (Å²) in [6.45, 7) is 0. The Kier molecular flexibility index (Phi) is 5.00. The number of fused-ring (bicyclic) bond motifs is 1. The van der Waals surface area contributed by atoms with E-state index in [0.717, 1.165) is 20.8 Å². The maximum absolute atomic E-state index is 12.7. The molecular weight excluding hydrogens is 380 g/mol. The van der Waals surface area contributed by atoms with Crippen LogP contribution < -0.4 is 0 Å². The molecule has 0 fully saturated rings. The molecule has 0 unspecified atom stereocenters. The Hall–Kier alpha value is -2.46. The van der Waals surface area contributed by atoms with E-state index in [1.807, 2.05) is 66.7 Å². The summed E-state index contributed by atoms with van der Waals surface area (Å²) in [5.41, 5.74) is 0.160. The Morgan fingerprint density at radius 1 is 1.04 bits per heavy atom. The van der Waals surface area contributed by atoms with Gasteiger partial charge in [-0.2, -0.15) is 0 Å². The van der Waals surface area contributed by atoms with Crippen LogP contribution in [0.15, 0.2) is 71.2 Å². The van der Waals surface area contributed by atoms with E-state index in [9.17, 15) is 9.59 Å². The molecule has 0 saturated carbocycles. The fraction of sp³-hybridized carbons (Fsp3) is 0.143. The molecule has 126 valence electrons. The molecule has 25 heavy (non-hydrogen) atoms. The van der Waals surface area contributed by atoms with Gasteiger partial charge in [0.05, 0.1) is 7.11 Å². The lowest BCUT2D eigenvalue weighted by Crippen LogP contribution is -2.41. The van der Waals surface area contributed by atoms with Crippen LogP contribution in [0.5, 0.6) is 0 Å². The van der Waals surface area contributed by atoms with Crippen LogP contribution in [0, 0.1) is 0 Å². The molecule has 0 radical (unpaired) electrons. The molecule has 0 aromatic heterocycles. The summed E-state index contributed by atoms with van der Waals surface area (Å²) in [7, 11) is 1.31. The number of hydrogen-bond donors (Lipinski definition) is 0. The van der Waals surface area contributed by atoms with Crippen LogP contribution in [-0.4, -0.2) is 19.4 Å². The normalized spacial score (nSPS) is 13.2. The highest BCUT2D eigenvalue weighted by Crippen LogP contribution is 2.34. The van der Waals surface area contributed by atoms with Crippen molar-refractivity contribution in [2.75, 3.05) is 7.11 Å². The molecule has 0 spiro atoms. The summed E-state index contributed by atoms with van der Waals surface area (Å²) in [6, 6.07) is 21.0. The lowest BCUT2D eigenvalue weighted by atomic mass is 9.75. The highest BCUT2D eigenvalue weighted by atomic mass is 79.9. The van der Waals surface area contributed by atoms with Crippen molar-refractivity contribution in [2.24, 2.45) is 0 Å². The fourth-order valence-corrected chi connectivity index (χ4v) is 3.42. The van der Waals surface area contributed by atoms with Crippen molar-refractivity contribution in [1.29, 1.82) is 0 Å². The predicted octanol–water partition coefficient (Wildman–Crippen LogP) is 4.45. The smallest absolute Gasteiger partial charge is 0.323 e. The van der Waals surface area contributed by atoms with Crippen LogP contribution >= 0.6 is 15.9 Å². The molecule has 3 aromatic carbocycles. The van der Waals surface area contributed by atoms with Crippen LogP contribution in [0.4, 0.5) is 0 Å². The van der Waals surface area contributed by atoms with Gasteiger partial charge in [0.15, 0.2) is 5.41 Å². The van der Waals surface area contributed by atoms with Gasteiger partial charge in [0.1, 0.15) is 6.29 Å². The molecule has 4 heteroatoms. The molecule has 1 atom stereocenters. The second-order valence-electron chi connectivity index (χ2n) is 5.91. The molecular formula is C21H17BrO3. The van der Waals surface area contributed by atoms with Crippen molar-refractivity contribution >= 4 is 39.0 Å². The quantitative estimate of drug-likeness (QED) is 0.363. The number of aldehydes is 1. The van der Waals surface area contributed by atoms with Crippen molar-refractivity contribution < 1.29 is 14.3 Å². The first-order valence-electron chi connectivity index (χ1n) is 7.88. The summed E-state index contributed by atoms with van der Waals surface area (Å²) < 4.78 is 5.97. The van der Waals surface area contributed by atoms with Crippen molar-refractivity contribution in [2.45, 2.75) is 11.8 Å². The number of rotatable bonds is 5. The Morgan fingerprint density at radius 3 is 2.40 bits per heavy atom. The highest BCUT2D eigenvalue weighted by Gasteiger charge is 2.42. The van der Waals surface area contributed by atoms with Gasteiger partial charge in [-0.05, 0) is 40.5 Å². The third kappa shape index (κ3) is 3.22. The van der Waals surface area contributed by atoms with Gasteiger partial charge in [0.2, 0.25) is 0 Å². The largest absolute Gasteiger partial charge is 0.468 e. The average molecular weight is 397 g/mol. The van der Waals surface area contributed by atoms with E-state index in [1.54, 1.807) is 0 Å². The Bertz CT molecular complexity index is 913. The standard InChI is InChI=1S/C21H17BrO3/c1-25-20(24)21(14-23,13-15-9-11-17(22)12-10-15)19-8-4-6-16-5-2-3-7-18(16)19/h2-12,14H,13H2,1H3/t21-/m0/s1. The average Bonchev–Trinajstić information content (AvgIpc) is 2.67. The Balaban J connectivity index is 2.21. The molecule has 0 aliphatic heterocycles. The third-order valence-corrected chi connectivity index (χ3v) is 4.95. The second kappa shape index (κ2) is 7.19. The zero-order valence-electron chi connectivity index (χ0n) is 13.7. The van der Waals surface area contributed by atoms with Gasteiger partial charge >= 0.3 is 5.97 Å². The first-order valence-corrected chi connectivity index (χ1v) is 8.67. The van der Waals surface area contributed by atoms with E-state index in [-0.39, 0.29) is 6.42 Å². The van der Waals surface area contributed by atoms with E-state index in [4.69, 9.17) is 4.74 Å². The van der Waals surface area contributed by atoms with Gasteiger partial charge in [0.25, 0.3) is 0 Å². The second-order valence-corrected chi connectivity index (χ2v) is 6.83. The fourth-order valence-electron chi connectivity index (χ4n) is 3.15. The van der Waals surface area contributed by atoms with E-state index in [0.29, 0.717) is 11.8 Å². The number of methoxy groups -OCH3 is 1. The molecule has 3 aromatic rings. The number of carbonyl (C=O) groups excluding carboxylic acids is 2. The maximum Gasteiger partial charge on any atom is 0.323 e. The van der Waals surface area contributed by atoms with Crippen LogP contribution in [0.25, 0.3) is 10.8 Å². The maximum atomic E-state index is 12.7. The topological polar surface area (TPSA) is 43.4 Å². The van der Waals surface area contributed by atoms with E-state index >= 15 is 0 Å². The van der Waals surface area contributed by atoms with E-state index < -0.39 is 11.4 Å². The van der Waals surface area contributed by atoms with Gasteiger partial charge in [-0.1, -0.05) is 70.5 Å². The number of halogens is 1. The number of benzene rings is 3. The van der Waals surface area contributed by atoms with Gasteiger partial charge in [0, 0.05) is 4.47 Å². The molecule has 0 aliphatic rings. The molecule has 0 amide bonds. The van der Waals surface area contributed by atoms with Crippen LogP contribution in [0.3, 0.4) is 0 Å². The Labute approximate surface area is 154 Å². The first-order chi connectivity index (χ1) is 12.1. The predicted molar refractivity (Wildman–Crippen MR) is 102 cm³/mol. The first kappa shape index (κ1) is 17.4. The number of esters is 1. The van der Waals surface area contributed by atoms with Crippen LogP contribution in [0.1, 0.15) is 11.1 Å². The lowest BCUT2D eigenvalue weighted by Gasteiger charge is -2.27. The molecule has 0 N–H and O–H groups in total. The zero-order valence-corrected chi connectivity index (χ0v) is 15.3. The summed E-state index contributed by atoms with van der Waals surface area (Å²) in [4.78, 5) is 25.0. The van der Waals surface area contributed by atoms with Crippen LogP contribution in [-0.2, 0) is 26.2 Å². The van der Waals surface area contributed by atoms with Crippen LogP contribution in [0.2, 0.25) is 0 Å².